The fourth-order valence-electron chi connectivity index (χ4n) is 6.96. The quantitative estimate of drug-likeness (QED) is 0.527. The molecular weight excluding hydrogens is 491 g/mol. The summed E-state index contributed by atoms with van der Waals surface area (Å²) in [6.45, 7) is 8.45. The maximum atomic E-state index is 13.2. The summed E-state index contributed by atoms with van der Waals surface area (Å²) in [6.07, 6.45) is -0.00536. The highest BCUT2D eigenvalue weighted by Crippen LogP contribution is 2.38. The van der Waals surface area contributed by atoms with E-state index in [0.717, 1.165) is 63.4 Å². The van der Waals surface area contributed by atoms with Crippen LogP contribution in [0.5, 0.6) is 0 Å². The number of alkyl halides is 3. The number of hydrogen-bond donors (Lipinski definition) is 0. The molecule has 2 aromatic rings. The lowest BCUT2D eigenvalue weighted by atomic mass is 9.78. The van der Waals surface area contributed by atoms with Crippen molar-refractivity contribution in [2.75, 3.05) is 52.4 Å². The van der Waals surface area contributed by atoms with E-state index in [-0.39, 0.29) is 5.91 Å². The first-order chi connectivity index (χ1) is 18.2. The van der Waals surface area contributed by atoms with Crippen molar-refractivity contribution in [3.63, 3.8) is 0 Å². The van der Waals surface area contributed by atoms with Gasteiger partial charge in [-0.05, 0) is 82.0 Å². The van der Waals surface area contributed by atoms with Gasteiger partial charge in [-0.1, -0.05) is 30.3 Å². The van der Waals surface area contributed by atoms with Crippen molar-refractivity contribution in [1.82, 2.24) is 24.7 Å². The number of amides is 1. The number of fused-ring (bicyclic) bond motifs is 1. The van der Waals surface area contributed by atoms with Crippen molar-refractivity contribution in [2.45, 2.75) is 45.2 Å². The molecule has 3 atom stereocenters. The summed E-state index contributed by atoms with van der Waals surface area (Å²) in [6, 6.07) is 10.5. The van der Waals surface area contributed by atoms with E-state index in [1.165, 1.54) is 11.9 Å². The van der Waals surface area contributed by atoms with Crippen LogP contribution in [0.2, 0.25) is 0 Å². The molecule has 0 aliphatic carbocycles. The third-order valence-corrected chi connectivity index (χ3v) is 8.88. The van der Waals surface area contributed by atoms with E-state index in [2.05, 4.69) is 39.1 Å². The number of hydrogen-bond acceptors (Lipinski definition) is 5. The summed E-state index contributed by atoms with van der Waals surface area (Å²) in [7, 11) is 0. The smallest absolute Gasteiger partial charge is 0.338 e. The van der Waals surface area contributed by atoms with E-state index in [1.807, 2.05) is 24.8 Å². The Morgan fingerprint density at radius 2 is 1.55 bits per heavy atom. The summed E-state index contributed by atoms with van der Waals surface area (Å²) < 4.78 is 38.6. The van der Waals surface area contributed by atoms with Crippen LogP contribution in [0, 0.1) is 31.6 Å². The minimum atomic E-state index is -4.13. The summed E-state index contributed by atoms with van der Waals surface area (Å²) in [5.74, 6) is 1.75. The maximum Gasteiger partial charge on any atom is 0.401 e. The maximum absolute atomic E-state index is 13.2. The zero-order valence-corrected chi connectivity index (χ0v) is 22.3. The molecule has 5 rings (SSSR count). The number of aryl methyl sites for hydroxylation is 2. The largest absolute Gasteiger partial charge is 0.401 e. The Kier molecular flexibility index (Phi) is 8.05. The molecule has 0 N–H and O–H groups in total. The SMILES string of the molecule is Cc1ncnc(C)c1C(=O)N1CC2CN(CCC(c3ccccc3)C3CCN(CC(F)(F)F)CC3)CC2C1. The molecule has 0 spiro atoms. The molecule has 6 nitrogen and oxygen atoms in total. The third kappa shape index (κ3) is 6.20. The van der Waals surface area contributed by atoms with E-state index < -0.39 is 12.7 Å². The standard InChI is InChI=1S/C29H38F3N5O/c1-20-27(21(2)34-19-33-20)28(38)37-16-24-14-36(15-25(24)17-37)13-10-26(22-6-4-3-5-7-22)23-8-11-35(12-9-23)18-29(30,31)32/h3-7,19,23-26H,8-18H2,1-2H3. The molecule has 1 aromatic carbocycles. The summed E-state index contributed by atoms with van der Waals surface area (Å²) in [4.78, 5) is 27.7. The number of halogens is 3. The van der Waals surface area contributed by atoms with Crippen LogP contribution in [-0.2, 0) is 0 Å². The van der Waals surface area contributed by atoms with E-state index in [0.29, 0.717) is 42.3 Å². The first-order valence-electron chi connectivity index (χ1n) is 13.8. The molecule has 38 heavy (non-hydrogen) atoms. The number of carbonyl (C=O) groups excluding carboxylic acids is 1. The lowest BCUT2D eigenvalue weighted by Gasteiger charge is -2.37. The number of carbonyl (C=O) groups is 1. The number of aromatic nitrogens is 2. The molecule has 1 aromatic heterocycles. The Morgan fingerprint density at radius 3 is 2.13 bits per heavy atom. The van der Waals surface area contributed by atoms with Crippen LogP contribution in [-0.4, -0.2) is 89.1 Å². The molecule has 9 heteroatoms. The van der Waals surface area contributed by atoms with Gasteiger partial charge in [-0.3, -0.25) is 9.69 Å². The molecule has 3 unspecified atom stereocenters. The number of nitrogens with zero attached hydrogens (tertiary/aromatic N) is 5. The highest BCUT2D eigenvalue weighted by Gasteiger charge is 2.42. The van der Waals surface area contributed by atoms with Crippen molar-refractivity contribution in [2.24, 2.45) is 17.8 Å². The van der Waals surface area contributed by atoms with Crippen molar-refractivity contribution < 1.29 is 18.0 Å². The molecule has 3 aliphatic heterocycles. The van der Waals surface area contributed by atoms with Gasteiger partial charge < -0.3 is 9.80 Å². The monoisotopic (exact) mass is 529 g/mol. The van der Waals surface area contributed by atoms with Crippen molar-refractivity contribution >= 4 is 5.91 Å². The number of piperidine rings is 1. The van der Waals surface area contributed by atoms with E-state index in [4.69, 9.17) is 0 Å². The van der Waals surface area contributed by atoms with E-state index in [1.54, 1.807) is 4.90 Å². The number of rotatable bonds is 7. The van der Waals surface area contributed by atoms with Gasteiger partial charge in [-0.2, -0.15) is 13.2 Å². The minimum absolute atomic E-state index is 0.0440. The van der Waals surface area contributed by atoms with Gasteiger partial charge in [0.2, 0.25) is 0 Å². The molecule has 1 amide bonds. The summed E-state index contributed by atoms with van der Waals surface area (Å²) in [5, 5.41) is 0. The van der Waals surface area contributed by atoms with Gasteiger partial charge >= 0.3 is 6.18 Å². The first-order valence-corrected chi connectivity index (χ1v) is 13.8. The van der Waals surface area contributed by atoms with Gasteiger partial charge in [-0.15, -0.1) is 0 Å². The molecule has 4 heterocycles. The predicted octanol–water partition coefficient (Wildman–Crippen LogP) is 4.55. The van der Waals surface area contributed by atoms with Gasteiger partial charge in [0.05, 0.1) is 23.5 Å². The Balaban J connectivity index is 1.16. The second-order valence-electron chi connectivity index (χ2n) is 11.4. The van der Waals surface area contributed by atoms with Gasteiger partial charge in [-0.25, -0.2) is 9.97 Å². The van der Waals surface area contributed by atoms with Crippen LogP contribution >= 0.6 is 0 Å². The van der Waals surface area contributed by atoms with E-state index in [9.17, 15) is 18.0 Å². The Hall–Kier alpha value is -2.52. The Morgan fingerprint density at radius 1 is 0.947 bits per heavy atom. The van der Waals surface area contributed by atoms with Gasteiger partial charge in [0, 0.05) is 26.2 Å². The molecule has 3 fully saturated rings. The second-order valence-corrected chi connectivity index (χ2v) is 11.4. The lowest BCUT2D eigenvalue weighted by Crippen LogP contribution is -2.41. The van der Waals surface area contributed by atoms with Gasteiger partial charge in [0.25, 0.3) is 5.91 Å². The molecule has 3 aliphatic rings. The zero-order chi connectivity index (χ0) is 26.9. The van der Waals surface area contributed by atoms with Crippen LogP contribution in [0.25, 0.3) is 0 Å². The fourth-order valence-corrected chi connectivity index (χ4v) is 6.96. The normalized spacial score (nSPS) is 24.1. The Bertz CT molecular complexity index is 1070. The van der Waals surface area contributed by atoms with Crippen molar-refractivity contribution in [3.8, 4) is 0 Å². The van der Waals surface area contributed by atoms with Crippen LogP contribution in [0.1, 0.15) is 52.5 Å². The van der Waals surface area contributed by atoms with Crippen molar-refractivity contribution in [1.29, 1.82) is 0 Å². The first kappa shape index (κ1) is 27.1. The fraction of sp³-hybridized carbons (Fsp3) is 0.621. The van der Waals surface area contributed by atoms with Crippen LogP contribution < -0.4 is 0 Å². The minimum Gasteiger partial charge on any atom is -0.338 e. The van der Waals surface area contributed by atoms with E-state index >= 15 is 0 Å². The second kappa shape index (κ2) is 11.3. The van der Waals surface area contributed by atoms with Crippen molar-refractivity contribution in [3.05, 3.63) is 59.2 Å². The highest BCUT2D eigenvalue weighted by molar-refractivity contribution is 5.96. The third-order valence-electron chi connectivity index (χ3n) is 8.88. The topological polar surface area (TPSA) is 52.6 Å². The lowest BCUT2D eigenvalue weighted by molar-refractivity contribution is -0.148. The van der Waals surface area contributed by atoms with Crippen LogP contribution in [0.3, 0.4) is 0 Å². The van der Waals surface area contributed by atoms with Gasteiger partial charge in [0.15, 0.2) is 0 Å². The Labute approximate surface area is 223 Å². The molecule has 0 bridgehead atoms. The zero-order valence-electron chi connectivity index (χ0n) is 22.3. The highest BCUT2D eigenvalue weighted by atomic mass is 19.4. The number of likely N-dealkylation sites (tertiary alicyclic amines) is 3. The molecule has 0 saturated carbocycles. The summed E-state index contributed by atoms with van der Waals surface area (Å²) >= 11 is 0. The molecular formula is C29H38F3N5O. The summed E-state index contributed by atoms with van der Waals surface area (Å²) in [5.41, 5.74) is 3.40. The predicted molar refractivity (Wildman–Crippen MR) is 140 cm³/mol. The van der Waals surface area contributed by atoms with Crippen LogP contribution in [0.4, 0.5) is 13.2 Å². The average Bonchev–Trinajstić information content (AvgIpc) is 3.44. The molecule has 206 valence electrons. The van der Waals surface area contributed by atoms with Gasteiger partial charge in [0.1, 0.15) is 6.33 Å². The molecule has 3 saturated heterocycles. The molecule has 0 radical (unpaired) electrons. The number of benzene rings is 1. The van der Waals surface area contributed by atoms with Crippen LogP contribution in [0.15, 0.2) is 36.7 Å². The average molecular weight is 530 g/mol.